The van der Waals surface area contributed by atoms with Crippen LogP contribution in [0.15, 0.2) is 121 Å². The van der Waals surface area contributed by atoms with Gasteiger partial charge in [-0.3, -0.25) is 10.1 Å². The van der Waals surface area contributed by atoms with E-state index < -0.39 is 6.09 Å². The molecule has 7 nitrogen and oxygen atoms in total. The van der Waals surface area contributed by atoms with Gasteiger partial charge in [0.2, 0.25) is 0 Å². The van der Waals surface area contributed by atoms with Crippen molar-refractivity contribution in [3.63, 3.8) is 0 Å². The first-order valence-corrected chi connectivity index (χ1v) is 14.7. The molecule has 6 rings (SSSR count). The van der Waals surface area contributed by atoms with Gasteiger partial charge in [-0.05, 0) is 53.8 Å². The van der Waals surface area contributed by atoms with Gasteiger partial charge in [0.1, 0.15) is 19.0 Å². The van der Waals surface area contributed by atoms with Gasteiger partial charge >= 0.3 is 6.09 Å². The van der Waals surface area contributed by atoms with Crippen molar-refractivity contribution in [2.75, 3.05) is 6.61 Å². The molecule has 0 saturated heterocycles. The number of nitrogens with one attached hydrogen (secondary N) is 2. The van der Waals surface area contributed by atoms with Crippen LogP contribution in [0, 0.1) is 6.92 Å². The van der Waals surface area contributed by atoms with Crippen molar-refractivity contribution in [2.45, 2.75) is 32.4 Å². The Morgan fingerprint density at radius 1 is 0.841 bits per heavy atom. The van der Waals surface area contributed by atoms with Crippen LogP contribution in [0.3, 0.4) is 0 Å². The van der Waals surface area contributed by atoms with E-state index in [2.05, 4.69) is 39.8 Å². The molecule has 0 aliphatic carbocycles. The summed E-state index contributed by atoms with van der Waals surface area (Å²) in [6.45, 7) is 2.46. The van der Waals surface area contributed by atoms with Gasteiger partial charge in [-0.2, -0.15) is 5.10 Å². The molecule has 44 heavy (non-hydrogen) atoms. The van der Waals surface area contributed by atoms with E-state index in [1.165, 1.54) is 5.56 Å². The fourth-order valence-corrected chi connectivity index (χ4v) is 5.22. The third-order valence-electron chi connectivity index (χ3n) is 7.53. The second kappa shape index (κ2) is 13.7. The Kier molecular flexibility index (Phi) is 8.93. The maximum absolute atomic E-state index is 12.8. The molecule has 4 aromatic carbocycles. The van der Waals surface area contributed by atoms with Crippen LogP contribution in [-0.4, -0.2) is 33.9 Å². The lowest BCUT2D eigenvalue weighted by molar-refractivity contribution is 0.130. The number of amides is 1. The Balaban J connectivity index is 1.23. The van der Waals surface area contributed by atoms with E-state index in [9.17, 15) is 4.79 Å². The smallest absolute Gasteiger partial charge is 0.407 e. The number of benzene rings is 4. The highest BCUT2D eigenvalue weighted by Gasteiger charge is 2.17. The van der Waals surface area contributed by atoms with Crippen LogP contribution in [0.25, 0.3) is 22.0 Å². The second-order valence-electron chi connectivity index (χ2n) is 10.8. The van der Waals surface area contributed by atoms with Gasteiger partial charge in [0, 0.05) is 23.1 Å². The average Bonchev–Trinajstić information content (AvgIpc) is 3.44. The number of nitrogens with zero attached hydrogens (tertiary/aromatic N) is 2. The first-order chi connectivity index (χ1) is 21.6. The van der Waals surface area contributed by atoms with Crippen LogP contribution in [0.4, 0.5) is 4.79 Å². The van der Waals surface area contributed by atoms with E-state index in [0.29, 0.717) is 18.6 Å². The number of H-pyrrole nitrogens is 1. The summed E-state index contributed by atoms with van der Waals surface area (Å²) in [6.07, 6.45) is 2.55. The zero-order chi connectivity index (χ0) is 30.1. The van der Waals surface area contributed by atoms with Crippen molar-refractivity contribution in [3.8, 4) is 16.9 Å². The molecular formula is C37H34N4O3. The van der Waals surface area contributed by atoms with Crippen LogP contribution in [-0.2, 0) is 24.2 Å². The standard InChI is InChI=1S/C37H34N4O3/c1-26-33-21-30(17-18-35(33)41-40-26)34-22-32(23-38-36(34)20-28-13-7-3-8-14-28)43-25-31(19-27-11-5-2-6-12-27)39-37(42)44-24-29-15-9-4-10-16-29/h2-18,21-23,31H,19-20,24-25H2,1H3,(H,39,42)(H,40,41)/t31-/m0/s1. The number of ether oxygens (including phenoxy) is 2. The van der Waals surface area contributed by atoms with Crippen LogP contribution in [0.1, 0.15) is 28.1 Å². The van der Waals surface area contributed by atoms with Crippen molar-refractivity contribution >= 4 is 17.0 Å². The molecule has 7 heteroatoms. The molecule has 2 aromatic heterocycles. The summed E-state index contributed by atoms with van der Waals surface area (Å²) in [5.41, 5.74) is 8.11. The van der Waals surface area contributed by atoms with Gasteiger partial charge in [-0.25, -0.2) is 4.79 Å². The van der Waals surface area contributed by atoms with E-state index in [1.54, 1.807) is 6.20 Å². The maximum atomic E-state index is 12.8. The minimum atomic E-state index is -0.487. The number of pyridine rings is 1. The molecule has 0 radical (unpaired) electrons. The van der Waals surface area contributed by atoms with E-state index in [4.69, 9.17) is 14.5 Å². The largest absolute Gasteiger partial charge is 0.490 e. The van der Waals surface area contributed by atoms with Gasteiger partial charge in [0.05, 0.1) is 23.4 Å². The summed E-state index contributed by atoms with van der Waals surface area (Å²) in [7, 11) is 0. The molecular weight excluding hydrogens is 548 g/mol. The van der Waals surface area contributed by atoms with Crippen LogP contribution < -0.4 is 10.1 Å². The van der Waals surface area contributed by atoms with Crippen LogP contribution in [0.5, 0.6) is 5.75 Å². The molecule has 0 bridgehead atoms. The summed E-state index contributed by atoms with van der Waals surface area (Å²) >= 11 is 0. The number of fused-ring (bicyclic) bond motifs is 1. The van der Waals surface area contributed by atoms with E-state index >= 15 is 0 Å². The van der Waals surface area contributed by atoms with E-state index in [0.717, 1.165) is 44.5 Å². The minimum absolute atomic E-state index is 0.197. The molecule has 0 fully saturated rings. The first kappa shape index (κ1) is 28.7. The molecule has 2 N–H and O–H groups in total. The summed E-state index contributed by atoms with van der Waals surface area (Å²) in [5.74, 6) is 0.623. The summed E-state index contributed by atoms with van der Waals surface area (Å²) < 4.78 is 11.8. The Bertz CT molecular complexity index is 1820. The van der Waals surface area contributed by atoms with Gasteiger partial charge in [0.25, 0.3) is 0 Å². The van der Waals surface area contributed by atoms with E-state index in [-0.39, 0.29) is 19.3 Å². The zero-order valence-electron chi connectivity index (χ0n) is 24.6. The third kappa shape index (κ3) is 7.31. The number of aromatic amines is 1. The average molecular weight is 583 g/mol. The molecule has 1 atom stereocenters. The summed E-state index contributed by atoms with van der Waals surface area (Å²) in [6, 6.07) is 37.9. The van der Waals surface area contributed by atoms with Crippen molar-refractivity contribution in [1.29, 1.82) is 0 Å². The maximum Gasteiger partial charge on any atom is 0.407 e. The number of carbonyl (C=O) groups excluding carboxylic acids is 1. The molecule has 0 aliphatic heterocycles. The number of rotatable bonds is 11. The number of alkyl carbamates (subject to hydrolysis) is 1. The molecule has 6 aromatic rings. The van der Waals surface area contributed by atoms with Gasteiger partial charge in [-0.15, -0.1) is 0 Å². The summed E-state index contributed by atoms with van der Waals surface area (Å²) in [5, 5.41) is 11.5. The minimum Gasteiger partial charge on any atom is -0.490 e. The number of aryl methyl sites for hydroxylation is 1. The Morgan fingerprint density at radius 2 is 1.52 bits per heavy atom. The fraction of sp³-hybridized carbons (Fsp3) is 0.162. The molecule has 0 unspecified atom stereocenters. The molecule has 2 heterocycles. The normalized spacial score (nSPS) is 11.7. The number of aromatic nitrogens is 3. The molecule has 220 valence electrons. The Hall–Kier alpha value is -5.43. The molecule has 1 amide bonds. The molecule has 0 saturated carbocycles. The lowest BCUT2D eigenvalue weighted by Gasteiger charge is -2.20. The SMILES string of the molecule is Cc1[nH]nc2ccc(-c3cc(OC[C@H](Cc4ccccc4)NC(=O)OCc4ccccc4)cnc3Cc3ccccc3)cc12. The van der Waals surface area contributed by atoms with Crippen LogP contribution in [0.2, 0.25) is 0 Å². The predicted molar refractivity (Wildman–Crippen MR) is 173 cm³/mol. The topological polar surface area (TPSA) is 89.1 Å². The number of carbonyl (C=O) groups is 1. The molecule has 0 spiro atoms. The summed E-state index contributed by atoms with van der Waals surface area (Å²) in [4.78, 5) is 17.7. The lowest BCUT2D eigenvalue weighted by atomic mass is 9.98. The van der Waals surface area contributed by atoms with Crippen molar-refractivity contribution < 1.29 is 14.3 Å². The monoisotopic (exact) mass is 582 g/mol. The lowest BCUT2D eigenvalue weighted by Crippen LogP contribution is -2.41. The zero-order valence-corrected chi connectivity index (χ0v) is 24.6. The van der Waals surface area contributed by atoms with Gasteiger partial charge < -0.3 is 14.8 Å². The predicted octanol–water partition coefficient (Wildman–Crippen LogP) is 7.44. The van der Waals surface area contributed by atoms with Crippen molar-refractivity contribution in [3.05, 3.63) is 150 Å². The highest BCUT2D eigenvalue weighted by Crippen LogP contribution is 2.31. The number of hydrogen-bond donors (Lipinski definition) is 2. The Labute approximate surface area is 256 Å². The second-order valence-corrected chi connectivity index (χ2v) is 10.8. The van der Waals surface area contributed by atoms with Crippen molar-refractivity contribution in [1.82, 2.24) is 20.5 Å². The van der Waals surface area contributed by atoms with Crippen LogP contribution >= 0.6 is 0 Å². The fourth-order valence-electron chi connectivity index (χ4n) is 5.22. The Morgan fingerprint density at radius 3 is 2.25 bits per heavy atom. The highest BCUT2D eigenvalue weighted by molar-refractivity contribution is 5.87. The number of hydrogen-bond acceptors (Lipinski definition) is 5. The molecule has 0 aliphatic rings. The quantitative estimate of drug-likeness (QED) is 0.166. The van der Waals surface area contributed by atoms with Gasteiger partial charge in [-0.1, -0.05) is 97.1 Å². The van der Waals surface area contributed by atoms with Gasteiger partial charge in [0.15, 0.2) is 0 Å². The first-order valence-electron chi connectivity index (χ1n) is 14.7. The van der Waals surface area contributed by atoms with E-state index in [1.807, 2.05) is 97.9 Å². The van der Waals surface area contributed by atoms with Crippen molar-refractivity contribution in [2.24, 2.45) is 0 Å². The highest BCUT2D eigenvalue weighted by atomic mass is 16.5. The third-order valence-corrected chi connectivity index (χ3v) is 7.53.